The van der Waals surface area contributed by atoms with Crippen molar-refractivity contribution in [2.75, 3.05) is 5.32 Å². The predicted molar refractivity (Wildman–Crippen MR) is 122 cm³/mol. The SMILES string of the molecule is Cc1ccc(NC(=O)OCc2ccc3cc(C4CCC(=O)NC4=O)c(C)nc3c2F)cc1Cl. The van der Waals surface area contributed by atoms with E-state index < -0.39 is 17.8 Å². The summed E-state index contributed by atoms with van der Waals surface area (Å²) in [6.07, 6.45) is -0.115. The van der Waals surface area contributed by atoms with Gasteiger partial charge in [-0.05, 0) is 49.6 Å². The summed E-state index contributed by atoms with van der Waals surface area (Å²) < 4.78 is 20.3. The Kier molecular flexibility index (Phi) is 6.29. The average molecular weight is 470 g/mol. The van der Waals surface area contributed by atoms with E-state index in [0.29, 0.717) is 33.8 Å². The third-order valence-corrected chi connectivity index (χ3v) is 6.03. The minimum atomic E-state index is -0.744. The molecule has 9 heteroatoms. The van der Waals surface area contributed by atoms with Crippen molar-refractivity contribution in [1.29, 1.82) is 0 Å². The van der Waals surface area contributed by atoms with Gasteiger partial charge in [-0.15, -0.1) is 0 Å². The number of nitrogens with one attached hydrogen (secondary N) is 2. The number of benzene rings is 2. The average Bonchev–Trinajstić information content (AvgIpc) is 2.76. The zero-order chi connectivity index (χ0) is 23.7. The second-order valence-electron chi connectivity index (χ2n) is 7.94. The molecule has 0 aliphatic carbocycles. The maximum absolute atomic E-state index is 15.1. The fraction of sp³-hybridized carbons (Fsp3) is 0.250. The predicted octanol–water partition coefficient (Wildman–Crippen LogP) is 4.91. The zero-order valence-electron chi connectivity index (χ0n) is 18.0. The van der Waals surface area contributed by atoms with E-state index >= 15 is 4.39 Å². The lowest BCUT2D eigenvalue weighted by molar-refractivity contribution is -0.134. The summed E-state index contributed by atoms with van der Waals surface area (Å²) in [5, 5.41) is 5.90. The molecule has 1 unspecified atom stereocenters. The lowest BCUT2D eigenvalue weighted by Gasteiger charge is -2.22. The van der Waals surface area contributed by atoms with E-state index in [2.05, 4.69) is 15.6 Å². The molecule has 0 bridgehead atoms. The first kappa shape index (κ1) is 22.7. The largest absolute Gasteiger partial charge is 0.444 e. The Morgan fingerprint density at radius 1 is 1.24 bits per heavy atom. The summed E-state index contributed by atoms with van der Waals surface area (Å²) in [7, 11) is 0. The van der Waals surface area contributed by atoms with Crippen LogP contribution in [0.25, 0.3) is 10.9 Å². The number of ether oxygens (including phenoxy) is 1. The highest BCUT2D eigenvalue weighted by Crippen LogP contribution is 2.31. The Labute approximate surface area is 194 Å². The summed E-state index contributed by atoms with van der Waals surface area (Å²) in [6, 6.07) is 9.94. The molecule has 4 rings (SSSR count). The molecule has 1 atom stereocenters. The number of aromatic nitrogens is 1. The smallest absolute Gasteiger partial charge is 0.411 e. The first-order chi connectivity index (χ1) is 15.7. The summed E-state index contributed by atoms with van der Waals surface area (Å²) in [5.41, 5.74) is 2.79. The van der Waals surface area contributed by atoms with E-state index in [9.17, 15) is 14.4 Å². The molecule has 2 heterocycles. The maximum atomic E-state index is 15.1. The number of rotatable bonds is 4. The van der Waals surface area contributed by atoms with Crippen LogP contribution in [-0.2, 0) is 20.9 Å². The Morgan fingerprint density at radius 2 is 2.03 bits per heavy atom. The number of anilines is 1. The highest BCUT2D eigenvalue weighted by atomic mass is 35.5. The van der Waals surface area contributed by atoms with Gasteiger partial charge < -0.3 is 4.74 Å². The number of halogens is 2. The number of hydrogen-bond acceptors (Lipinski definition) is 5. The van der Waals surface area contributed by atoms with Crippen LogP contribution >= 0.6 is 11.6 Å². The second kappa shape index (κ2) is 9.15. The summed E-state index contributed by atoms with van der Waals surface area (Å²) in [5.74, 6) is -1.78. The van der Waals surface area contributed by atoms with Crippen molar-refractivity contribution in [1.82, 2.24) is 10.3 Å². The summed E-state index contributed by atoms with van der Waals surface area (Å²) in [4.78, 5) is 40.1. The fourth-order valence-corrected chi connectivity index (χ4v) is 3.96. The van der Waals surface area contributed by atoms with Crippen LogP contribution in [0.3, 0.4) is 0 Å². The molecule has 2 N–H and O–H groups in total. The van der Waals surface area contributed by atoms with Gasteiger partial charge in [0.05, 0.1) is 5.92 Å². The molecule has 1 aromatic heterocycles. The topological polar surface area (TPSA) is 97.4 Å². The first-order valence-corrected chi connectivity index (χ1v) is 10.7. The van der Waals surface area contributed by atoms with Crippen LogP contribution in [0.2, 0.25) is 5.02 Å². The third kappa shape index (κ3) is 4.80. The number of piperidine rings is 1. The van der Waals surface area contributed by atoms with Gasteiger partial charge in [0.15, 0.2) is 5.82 Å². The van der Waals surface area contributed by atoms with Crippen LogP contribution < -0.4 is 10.6 Å². The molecule has 2 aromatic carbocycles. The summed E-state index contributed by atoms with van der Waals surface area (Å²) in [6.45, 7) is 3.25. The van der Waals surface area contributed by atoms with Crippen molar-refractivity contribution < 1.29 is 23.5 Å². The van der Waals surface area contributed by atoms with Crippen molar-refractivity contribution in [3.63, 3.8) is 0 Å². The van der Waals surface area contributed by atoms with Crippen molar-refractivity contribution in [3.05, 3.63) is 69.6 Å². The van der Waals surface area contributed by atoms with Gasteiger partial charge >= 0.3 is 6.09 Å². The lowest BCUT2D eigenvalue weighted by atomic mass is 9.88. The molecular formula is C24H21ClFN3O4. The van der Waals surface area contributed by atoms with Crippen LogP contribution in [0.15, 0.2) is 36.4 Å². The quantitative estimate of drug-likeness (QED) is 0.529. The number of carbonyl (C=O) groups excluding carboxylic acids is 3. The number of pyridine rings is 1. The highest BCUT2D eigenvalue weighted by molar-refractivity contribution is 6.31. The molecule has 3 aromatic rings. The molecule has 1 aliphatic rings. The molecule has 0 spiro atoms. The Balaban J connectivity index is 1.50. The Hall–Kier alpha value is -3.52. The molecule has 1 aliphatic heterocycles. The van der Waals surface area contributed by atoms with Gasteiger partial charge in [-0.2, -0.15) is 0 Å². The van der Waals surface area contributed by atoms with Crippen molar-refractivity contribution in [2.45, 2.75) is 39.2 Å². The van der Waals surface area contributed by atoms with Crippen LogP contribution in [0.1, 0.15) is 41.1 Å². The van der Waals surface area contributed by atoms with Crippen molar-refractivity contribution >= 4 is 46.1 Å². The van der Waals surface area contributed by atoms with Gasteiger partial charge in [0.1, 0.15) is 12.1 Å². The van der Waals surface area contributed by atoms with Gasteiger partial charge in [0.25, 0.3) is 0 Å². The van der Waals surface area contributed by atoms with Gasteiger partial charge in [-0.3, -0.25) is 20.2 Å². The minimum absolute atomic E-state index is 0.121. The van der Waals surface area contributed by atoms with Crippen LogP contribution in [-0.4, -0.2) is 22.9 Å². The van der Waals surface area contributed by atoms with E-state index in [4.69, 9.17) is 16.3 Å². The molecular weight excluding hydrogens is 449 g/mol. The highest BCUT2D eigenvalue weighted by Gasteiger charge is 2.30. The number of nitrogens with zero attached hydrogens (tertiary/aromatic N) is 1. The zero-order valence-corrected chi connectivity index (χ0v) is 18.8. The molecule has 0 saturated carbocycles. The molecule has 3 amide bonds. The third-order valence-electron chi connectivity index (χ3n) is 5.63. The molecule has 170 valence electrons. The van der Waals surface area contributed by atoms with Gasteiger partial charge in [0, 0.05) is 33.8 Å². The van der Waals surface area contributed by atoms with E-state index in [0.717, 1.165) is 5.56 Å². The lowest BCUT2D eigenvalue weighted by Crippen LogP contribution is -2.39. The van der Waals surface area contributed by atoms with E-state index in [1.807, 2.05) is 6.92 Å². The van der Waals surface area contributed by atoms with Gasteiger partial charge in [-0.1, -0.05) is 29.8 Å². The van der Waals surface area contributed by atoms with Crippen LogP contribution in [0.4, 0.5) is 14.9 Å². The Morgan fingerprint density at radius 3 is 2.76 bits per heavy atom. The van der Waals surface area contributed by atoms with E-state index in [1.54, 1.807) is 37.3 Å². The summed E-state index contributed by atoms with van der Waals surface area (Å²) >= 11 is 6.05. The van der Waals surface area contributed by atoms with E-state index in [1.165, 1.54) is 6.07 Å². The maximum Gasteiger partial charge on any atom is 0.411 e. The van der Waals surface area contributed by atoms with Crippen molar-refractivity contribution in [3.8, 4) is 0 Å². The number of amides is 3. The number of fused-ring (bicyclic) bond motifs is 1. The molecule has 1 saturated heterocycles. The normalized spacial score (nSPS) is 15.9. The Bertz CT molecular complexity index is 1290. The molecule has 1 fully saturated rings. The minimum Gasteiger partial charge on any atom is -0.444 e. The second-order valence-corrected chi connectivity index (χ2v) is 8.35. The fourth-order valence-electron chi connectivity index (χ4n) is 3.78. The molecule has 0 radical (unpaired) electrons. The van der Waals surface area contributed by atoms with Crippen LogP contribution in [0, 0.1) is 19.7 Å². The first-order valence-electron chi connectivity index (χ1n) is 10.3. The number of imide groups is 1. The molecule has 7 nitrogen and oxygen atoms in total. The number of hydrogen-bond donors (Lipinski definition) is 2. The van der Waals surface area contributed by atoms with Gasteiger partial charge in [0.2, 0.25) is 11.8 Å². The number of carbonyl (C=O) groups is 3. The number of aryl methyl sites for hydroxylation is 2. The van der Waals surface area contributed by atoms with Crippen LogP contribution in [0.5, 0.6) is 0 Å². The molecule has 33 heavy (non-hydrogen) atoms. The monoisotopic (exact) mass is 469 g/mol. The van der Waals surface area contributed by atoms with E-state index in [-0.39, 0.29) is 35.9 Å². The van der Waals surface area contributed by atoms with Crippen molar-refractivity contribution in [2.24, 2.45) is 0 Å². The standard InChI is InChI=1S/C24H21ClFN3O4/c1-12-3-6-16(10-19(12)25)28-24(32)33-11-15-5-4-14-9-18(13(2)27-22(14)21(15)26)17-7-8-20(30)29-23(17)31/h3-6,9-10,17H,7-8,11H2,1-2H3,(H,28,32)(H,29,30,31). The van der Waals surface area contributed by atoms with Gasteiger partial charge in [-0.25, -0.2) is 14.2 Å².